The molecule has 2 nitrogen and oxygen atoms in total. The number of halogens is 1. The van der Waals surface area contributed by atoms with Gasteiger partial charge in [-0.15, -0.1) is 0 Å². The van der Waals surface area contributed by atoms with Gasteiger partial charge in [0, 0.05) is 18.1 Å². The Balaban J connectivity index is 1.86. The Kier molecular flexibility index (Phi) is 4.23. The molecule has 0 spiro atoms. The number of anilines is 1. The summed E-state index contributed by atoms with van der Waals surface area (Å²) >= 11 is 6.51. The van der Waals surface area contributed by atoms with Crippen LogP contribution in [0.2, 0.25) is 5.02 Å². The zero-order chi connectivity index (χ0) is 14.1. The summed E-state index contributed by atoms with van der Waals surface area (Å²) in [6.07, 6.45) is 6.50. The molecule has 2 aliphatic rings. The van der Waals surface area contributed by atoms with Gasteiger partial charge in [0.15, 0.2) is 0 Å². The molecule has 1 N–H and O–H groups in total. The predicted molar refractivity (Wildman–Crippen MR) is 86.8 cm³/mol. The van der Waals surface area contributed by atoms with E-state index in [9.17, 15) is 0 Å². The molecule has 0 aliphatic carbocycles. The van der Waals surface area contributed by atoms with Gasteiger partial charge in [0.25, 0.3) is 0 Å². The lowest BCUT2D eigenvalue weighted by atomic mass is 9.81. The average molecular weight is 293 g/mol. The minimum atomic E-state index is 0.659. The Morgan fingerprint density at radius 3 is 2.55 bits per heavy atom. The van der Waals surface area contributed by atoms with Crippen LogP contribution in [0.25, 0.3) is 0 Å². The van der Waals surface area contributed by atoms with E-state index in [1.807, 2.05) is 0 Å². The number of aryl methyl sites for hydroxylation is 1. The van der Waals surface area contributed by atoms with Crippen LogP contribution in [0, 0.1) is 6.92 Å². The summed E-state index contributed by atoms with van der Waals surface area (Å²) in [6, 6.07) is 8.52. The van der Waals surface area contributed by atoms with Crippen LogP contribution in [0.3, 0.4) is 0 Å². The smallest absolute Gasteiger partial charge is 0.0642 e. The van der Waals surface area contributed by atoms with Gasteiger partial charge < -0.3 is 10.2 Å². The molecule has 0 radical (unpaired) electrons. The molecule has 2 aliphatic heterocycles. The van der Waals surface area contributed by atoms with Crippen molar-refractivity contribution in [1.82, 2.24) is 5.32 Å². The van der Waals surface area contributed by atoms with Crippen molar-refractivity contribution < 1.29 is 0 Å². The Bertz CT molecular complexity index is 460. The third-order valence-electron chi connectivity index (χ3n) is 4.85. The van der Waals surface area contributed by atoms with Crippen molar-refractivity contribution in [2.24, 2.45) is 0 Å². The van der Waals surface area contributed by atoms with E-state index < -0.39 is 0 Å². The van der Waals surface area contributed by atoms with Crippen LogP contribution in [-0.2, 0) is 0 Å². The first-order chi connectivity index (χ1) is 9.69. The average Bonchev–Trinajstić information content (AvgIpc) is 2.39. The first kappa shape index (κ1) is 14.2. The number of fused-ring (bicyclic) bond motifs is 2. The third kappa shape index (κ3) is 2.68. The van der Waals surface area contributed by atoms with Crippen molar-refractivity contribution in [2.45, 2.75) is 64.1 Å². The summed E-state index contributed by atoms with van der Waals surface area (Å²) in [4.78, 5) is 2.62. The molecule has 2 bridgehead atoms. The number of nitrogens with zero attached hydrogens (tertiary/aromatic N) is 1. The number of piperidine rings is 2. The van der Waals surface area contributed by atoms with E-state index >= 15 is 0 Å². The number of benzene rings is 1. The van der Waals surface area contributed by atoms with Crippen LogP contribution >= 0.6 is 11.6 Å². The van der Waals surface area contributed by atoms with Crippen LogP contribution in [0.1, 0.15) is 44.6 Å². The van der Waals surface area contributed by atoms with Gasteiger partial charge in [-0.2, -0.15) is 0 Å². The minimum Gasteiger partial charge on any atom is -0.364 e. The van der Waals surface area contributed by atoms with Gasteiger partial charge >= 0.3 is 0 Å². The molecule has 2 saturated heterocycles. The maximum Gasteiger partial charge on any atom is 0.0642 e. The van der Waals surface area contributed by atoms with E-state index in [1.54, 1.807) is 0 Å². The quantitative estimate of drug-likeness (QED) is 0.900. The summed E-state index contributed by atoms with van der Waals surface area (Å²) in [5.74, 6) is 0. The highest BCUT2D eigenvalue weighted by molar-refractivity contribution is 6.33. The largest absolute Gasteiger partial charge is 0.364 e. The number of hydrogen-bond donors (Lipinski definition) is 1. The molecule has 3 heteroatoms. The second kappa shape index (κ2) is 5.95. The molecule has 0 saturated carbocycles. The number of hydrogen-bond acceptors (Lipinski definition) is 2. The molecule has 2 fully saturated rings. The fourth-order valence-corrected chi connectivity index (χ4v) is 4.38. The van der Waals surface area contributed by atoms with Crippen LogP contribution in [0.5, 0.6) is 0 Å². The summed E-state index contributed by atoms with van der Waals surface area (Å²) in [5.41, 5.74) is 2.49. The Morgan fingerprint density at radius 2 is 1.95 bits per heavy atom. The van der Waals surface area contributed by atoms with Crippen LogP contribution < -0.4 is 10.2 Å². The van der Waals surface area contributed by atoms with Gasteiger partial charge in [-0.25, -0.2) is 0 Å². The Labute approximate surface area is 127 Å². The van der Waals surface area contributed by atoms with Crippen molar-refractivity contribution in [2.75, 3.05) is 11.4 Å². The molecule has 0 aromatic heterocycles. The predicted octanol–water partition coefficient (Wildman–Crippen LogP) is 4.15. The number of rotatable bonds is 3. The first-order valence-electron chi connectivity index (χ1n) is 7.97. The van der Waals surface area contributed by atoms with Crippen molar-refractivity contribution in [1.29, 1.82) is 0 Å². The zero-order valence-electron chi connectivity index (χ0n) is 12.5. The highest BCUT2D eigenvalue weighted by atomic mass is 35.5. The van der Waals surface area contributed by atoms with E-state index in [4.69, 9.17) is 11.6 Å². The van der Waals surface area contributed by atoms with Crippen LogP contribution in [0.15, 0.2) is 18.2 Å². The SMILES string of the molecule is CCNC1CC2CCCC(C1)N2c1ccc(C)cc1Cl. The first-order valence-corrected chi connectivity index (χ1v) is 8.34. The monoisotopic (exact) mass is 292 g/mol. The van der Waals surface area contributed by atoms with Crippen LogP contribution in [-0.4, -0.2) is 24.7 Å². The molecular formula is C17H25ClN2. The Morgan fingerprint density at radius 1 is 1.25 bits per heavy atom. The maximum absolute atomic E-state index is 6.51. The van der Waals surface area contributed by atoms with Crippen LogP contribution in [0.4, 0.5) is 5.69 Å². The van der Waals surface area contributed by atoms with E-state index in [-0.39, 0.29) is 0 Å². The maximum atomic E-state index is 6.51. The highest BCUT2D eigenvalue weighted by Gasteiger charge is 2.38. The topological polar surface area (TPSA) is 15.3 Å². The van der Waals surface area contributed by atoms with E-state index in [0.717, 1.165) is 11.6 Å². The van der Waals surface area contributed by atoms with E-state index in [1.165, 1.54) is 43.4 Å². The second-order valence-electron chi connectivity index (χ2n) is 6.33. The van der Waals surface area contributed by atoms with Crippen molar-refractivity contribution in [3.63, 3.8) is 0 Å². The minimum absolute atomic E-state index is 0.659. The lowest BCUT2D eigenvalue weighted by Crippen LogP contribution is -2.56. The summed E-state index contributed by atoms with van der Waals surface area (Å²) in [7, 11) is 0. The van der Waals surface area contributed by atoms with Gasteiger partial charge in [-0.05, 0) is 63.3 Å². The molecule has 0 amide bonds. The summed E-state index contributed by atoms with van der Waals surface area (Å²) in [5, 5.41) is 4.57. The van der Waals surface area contributed by atoms with Crippen molar-refractivity contribution in [3.8, 4) is 0 Å². The molecule has 2 unspecified atom stereocenters. The molecule has 3 rings (SSSR count). The van der Waals surface area contributed by atoms with E-state index in [0.29, 0.717) is 18.1 Å². The highest BCUT2D eigenvalue weighted by Crippen LogP contribution is 2.40. The standard InChI is InChI=1S/C17H25ClN2/c1-3-19-13-10-14-5-4-6-15(11-13)20(14)17-8-7-12(2)9-16(17)18/h7-9,13-15,19H,3-6,10-11H2,1-2H3. The molecule has 1 aromatic rings. The van der Waals surface area contributed by atoms with Gasteiger partial charge in [0.05, 0.1) is 10.7 Å². The second-order valence-corrected chi connectivity index (χ2v) is 6.73. The van der Waals surface area contributed by atoms with Crippen molar-refractivity contribution >= 4 is 17.3 Å². The van der Waals surface area contributed by atoms with Gasteiger partial charge in [-0.3, -0.25) is 0 Å². The third-order valence-corrected chi connectivity index (χ3v) is 5.15. The Hall–Kier alpha value is -0.730. The molecule has 1 aromatic carbocycles. The van der Waals surface area contributed by atoms with E-state index in [2.05, 4.69) is 42.3 Å². The molecular weight excluding hydrogens is 268 g/mol. The molecule has 2 atom stereocenters. The lowest BCUT2D eigenvalue weighted by Gasteiger charge is -2.50. The van der Waals surface area contributed by atoms with Gasteiger partial charge in [0.2, 0.25) is 0 Å². The summed E-state index contributed by atoms with van der Waals surface area (Å²) < 4.78 is 0. The van der Waals surface area contributed by atoms with Gasteiger partial charge in [-0.1, -0.05) is 24.6 Å². The fourth-order valence-electron chi connectivity index (χ4n) is 4.05. The normalized spacial score (nSPS) is 29.6. The number of nitrogens with one attached hydrogen (secondary N) is 1. The molecule has 2 heterocycles. The molecule has 110 valence electrons. The lowest BCUT2D eigenvalue weighted by molar-refractivity contribution is 0.247. The van der Waals surface area contributed by atoms with Crippen molar-refractivity contribution in [3.05, 3.63) is 28.8 Å². The van der Waals surface area contributed by atoms with Gasteiger partial charge in [0.1, 0.15) is 0 Å². The zero-order valence-corrected chi connectivity index (χ0v) is 13.3. The molecule has 20 heavy (non-hydrogen) atoms. The fraction of sp³-hybridized carbons (Fsp3) is 0.647. The summed E-state index contributed by atoms with van der Waals surface area (Å²) in [6.45, 7) is 5.39.